The second kappa shape index (κ2) is 9.95. The summed E-state index contributed by atoms with van der Waals surface area (Å²) < 4.78 is 5.34. The van der Waals surface area contributed by atoms with Gasteiger partial charge < -0.3 is 4.74 Å². The van der Waals surface area contributed by atoms with Crippen molar-refractivity contribution in [2.75, 3.05) is 6.61 Å². The average molecular weight is 292 g/mol. The maximum absolute atomic E-state index is 5.34. The summed E-state index contributed by atoms with van der Waals surface area (Å²) in [5, 5.41) is 0. The van der Waals surface area contributed by atoms with E-state index in [4.69, 9.17) is 4.74 Å². The molecule has 0 radical (unpaired) electrons. The van der Waals surface area contributed by atoms with Crippen molar-refractivity contribution in [1.29, 1.82) is 0 Å². The van der Waals surface area contributed by atoms with Gasteiger partial charge in [0.1, 0.15) is 0 Å². The third kappa shape index (κ3) is 6.98. The molecule has 1 nitrogen and oxygen atoms in total. The third-order valence-corrected chi connectivity index (χ3v) is 1.27. The zero-order valence-corrected chi connectivity index (χ0v) is 12.1. The predicted molar refractivity (Wildman–Crippen MR) is 54.5 cm³/mol. The first-order valence-electron chi connectivity index (χ1n) is 3.90. The van der Waals surface area contributed by atoms with Crippen molar-refractivity contribution in [3.63, 3.8) is 0 Å². The van der Waals surface area contributed by atoms with Gasteiger partial charge in [-0.2, -0.15) is 18.2 Å². The molecule has 0 amide bonds. The van der Waals surface area contributed by atoms with E-state index in [1.165, 1.54) is 16.3 Å². The molecule has 66 valence electrons. The van der Waals surface area contributed by atoms with E-state index in [0.29, 0.717) is 6.61 Å². The van der Waals surface area contributed by atoms with Gasteiger partial charge in [0.15, 0.2) is 0 Å². The molecule has 0 saturated carbocycles. The Bertz CT molecular complexity index is 213. The Morgan fingerprint density at radius 3 is 2.92 bits per heavy atom. The van der Waals surface area contributed by atoms with Crippen LogP contribution in [-0.4, -0.2) is 6.61 Å². The second-order valence-electron chi connectivity index (χ2n) is 2.16. The molecule has 1 aromatic carbocycles. The number of hydrogen-bond donors (Lipinski definition) is 0. The molecule has 0 aliphatic heterocycles. The molecule has 0 aromatic heterocycles. The van der Waals surface area contributed by atoms with E-state index in [1.807, 2.05) is 30.3 Å². The second-order valence-corrected chi connectivity index (χ2v) is 2.16. The molecule has 1 aromatic rings. The van der Waals surface area contributed by atoms with E-state index in [-0.39, 0.29) is 0 Å². The van der Waals surface area contributed by atoms with Gasteiger partial charge in [0.2, 0.25) is 0 Å². The quantitative estimate of drug-likeness (QED) is 0.358. The van der Waals surface area contributed by atoms with Crippen LogP contribution in [0.5, 0.6) is 5.75 Å². The summed E-state index contributed by atoms with van der Waals surface area (Å²) >= 11 is 4.25. The summed E-state index contributed by atoms with van der Waals surface area (Å²) in [6.45, 7) is 4.30. The summed E-state index contributed by atoms with van der Waals surface area (Å²) in [6, 6.07) is 10.4. The Labute approximate surface area is 96.2 Å². The van der Waals surface area contributed by atoms with Gasteiger partial charge in [-0.15, -0.1) is 18.7 Å². The van der Waals surface area contributed by atoms with Crippen LogP contribution in [0.2, 0.25) is 0 Å². The van der Waals surface area contributed by atoms with Crippen molar-refractivity contribution in [3.05, 3.63) is 43.0 Å². The minimum absolute atomic E-state index is 0.696. The molecule has 13 heavy (non-hydrogen) atoms. The third-order valence-electron chi connectivity index (χ3n) is 1.27. The monoisotopic (exact) mass is 290 g/mol. The number of hydrogen-bond acceptors (Lipinski definition) is 1. The van der Waals surface area contributed by atoms with Gasteiger partial charge in [-0.25, -0.2) is 0 Å². The minimum atomic E-state index is 0.696. The van der Waals surface area contributed by atoms with Gasteiger partial charge >= 0.3 is 30.0 Å². The summed E-state index contributed by atoms with van der Waals surface area (Å²) in [5.74, 6) is 0.870. The molecule has 0 heterocycles. The molecule has 0 spiro atoms. The van der Waals surface area contributed by atoms with E-state index >= 15 is 0 Å². The van der Waals surface area contributed by atoms with Crippen LogP contribution in [-0.2, 0) is 16.3 Å². The van der Waals surface area contributed by atoms with E-state index in [1.54, 1.807) is 0 Å². The first-order chi connectivity index (χ1) is 6.43. The fraction of sp³-hybridized carbons (Fsp3) is 0.200. The first kappa shape index (κ1) is 12.9. The van der Waals surface area contributed by atoms with Crippen molar-refractivity contribution in [1.82, 2.24) is 0 Å². The van der Waals surface area contributed by atoms with E-state index in [9.17, 15) is 0 Å². The van der Waals surface area contributed by atoms with Gasteiger partial charge in [-0.1, -0.05) is 6.08 Å². The number of benzene rings is 1. The van der Waals surface area contributed by atoms with Crippen LogP contribution in [0.3, 0.4) is 0 Å². The van der Waals surface area contributed by atoms with Crippen LogP contribution in [0.15, 0.2) is 36.9 Å². The normalized spacial score (nSPS) is 8.23. The summed E-state index contributed by atoms with van der Waals surface area (Å²) in [5.41, 5.74) is 0. The van der Waals surface area contributed by atoms with Crippen LogP contribution in [0.4, 0.5) is 0 Å². The van der Waals surface area contributed by atoms with E-state index in [0.717, 1.165) is 12.2 Å². The summed E-state index contributed by atoms with van der Waals surface area (Å²) in [7, 11) is 0. The number of halogens is 1. The Morgan fingerprint density at radius 2 is 2.38 bits per heavy atom. The van der Waals surface area contributed by atoms with Gasteiger partial charge in [-0.3, -0.25) is 0 Å². The maximum atomic E-state index is 5.34. The molecule has 0 unspecified atom stereocenters. The summed E-state index contributed by atoms with van der Waals surface area (Å²) in [6.07, 6.45) is 2.72. The topological polar surface area (TPSA) is 9.23 Å². The van der Waals surface area contributed by atoms with Crippen molar-refractivity contribution < 1.29 is 21.1 Å². The zero-order valence-electron chi connectivity index (χ0n) is 7.50. The molecule has 1 rings (SSSR count). The van der Waals surface area contributed by atoms with Crippen LogP contribution in [0, 0.1) is 6.07 Å². The van der Waals surface area contributed by atoms with Gasteiger partial charge in [-0.05, 0) is 6.42 Å². The molecule has 0 aliphatic carbocycles. The van der Waals surface area contributed by atoms with Crippen molar-refractivity contribution >= 4 is 13.6 Å². The first-order valence-corrected chi connectivity index (χ1v) is 10.8. The molecule has 0 bridgehead atoms. The van der Waals surface area contributed by atoms with Gasteiger partial charge in [0, 0.05) is 5.75 Å². The Balaban J connectivity index is 0.000000671. The Kier molecular flexibility index (Phi) is 9.84. The van der Waals surface area contributed by atoms with Crippen molar-refractivity contribution in [2.45, 2.75) is 6.42 Å². The molecular weight excluding hydrogens is 281 g/mol. The van der Waals surface area contributed by atoms with Gasteiger partial charge in [0.05, 0.1) is 6.61 Å². The van der Waals surface area contributed by atoms with Crippen LogP contribution >= 0.6 is 13.6 Å². The van der Waals surface area contributed by atoms with E-state index < -0.39 is 0 Å². The molecule has 0 saturated heterocycles. The van der Waals surface area contributed by atoms with Crippen LogP contribution < -0.4 is 4.74 Å². The van der Waals surface area contributed by atoms with Crippen LogP contribution in [0.25, 0.3) is 0 Å². The molecular formula is C10H11BrOZn. The SMILES string of the molecule is C=CCCOc1c[c-]ccc1.[Zn+][Br]. The predicted octanol–water partition coefficient (Wildman–Crippen LogP) is 3.28. The molecule has 0 fully saturated rings. The molecule has 0 N–H and O–H groups in total. The fourth-order valence-corrected chi connectivity index (χ4v) is 0.727. The Morgan fingerprint density at radius 1 is 1.62 bits per heavy atom. The van der Waals surface area contributed by atoms with Crippen molar-refractivity contribution in [2.24, 2.45) is 0 Å². The number of ether oxygens (including phenoxy) is 1. The fourth-order valence-electron chi connectivity index (χ4n) is 0.727. The standard InChI is InChI=1S/C10H11O.BrH.Zn/c1-2-3-9-11-10-7-5-4-6-8-10;;/h2,4-5,7-8H,1,3,9H2;1H;/q-1;;+2/p-1. The molecule has 0 aliphatic rings. The average Bonchev–Trinajstić information content (AvgIpc) is 2.23. The number of rotatable bonds is 4. The summed E-state index contributed by atoms with van der Waals surface area (Å²) in [4.78, 5) is 0. The van der Waals surface area contributed by atoms with Gasteiger partial charge in [0.25, 0.3) is 0 Å². The Hall–Kier alpha value is -0.137. The van der Waals surface area contributed by atoms with Crippen molar-refractivity contribution in [3.8, 4) is 5.75 Å². The molecule has 3 heteroatoms. The van der Waals surface area contributed by atoms with Crippen LogP contribution in [0.1, 0.15) is 6.42 Å². The van der Waals surface area contributed by atoms with E-state index in [2.05, 4.69) is 26.3 Å². The molecule has 0 atom stereocenters. The zero-order chi connectivity index (χ0) is 9.94.